The van der Waals surface area contributed by atoms with Gasteiger partial charge in [-0.1, -0.05) is 33.3 Å². The molecule has 0 N–H and O–H groups in total. The van der Waals surface area contributed by atoms with Crippen LogP contribution in [0, 0.1) is 0 Å². The molecule has 0 fully saturated rings. The molecule has 3 heteroatoms. The maximum atomic E-state index is 11.6. The van der Waals surface area contributed by atoms with Crippen molar-refractivity contribution in [2.45, 2.75) is 46.5 Å². The molecule has 3 nitrogen and oxygen atoms in total. The second kappa shape index (κ2) is 8.33. The number of carbonyl (C=O) groups is 1. The van der Waals surface area contributed by atoms with Crippen LogP contribution in [-0.4, -0.2) is 24.1 Å². The fourth-order valence-corrected chi connectivity index (χ4v) is 1.21. The second-order valence-electron chi connectivity index (χ2n) is 3.76. The van der Waals surface area contributed by atoms with Gasteiger partial charge in [0.05, 0.1) is 5.76 Å². The van der Waals surface area contributed by atoms with E-state index in [1.807, 2.05) is 0 Å². The van der Waals surface area contributed by atoms with Crippen molar-refractivity contribution >= 4 is 6.09 Å². The van der Waals surface area contributed by atoms with Gasteiger partial charge < -0.3 is 9.64 Å². The van der Waals surface area contributed by atoms with E-state index in [9.17, 15) is 4.79 Å². The smallest absolute Gasteiger partial charge is 0.414 e. The lowest BCUT2D eigenvalue weighted by atomic mass is 10.3. The van der Waals surface area contributed by atoms with Crippen molar-refractivity contribution in [2.75, 3.05) is 13.1 Å². The van der Waals surface area contributed by atoms with E-state index in [1.54, 1.807) is 11.8 Å². The predicted molar refractivity (Wildman–Crippen MR) is 62.7 cm³/mol. The highest BCUT2D eigenvalue weighted by atomic mass is 16.6. The van der Waals surface area contributed by atoms with E-state index in [0.29, 0.717) is 5.76 Å². The zero-order valence-corrected chi connectivity index (χ0v) is 10.2. The highest BCUT2D eigenvalue weighted by molar-refractivity contribution is 5.68. The summed E-state index contributed by atoms with van der Waals surface area (Å²) in [6, 6.07) is 0. The van der Waals surface area contributed by atoms with Crippen LogP contribution < -0.4 is 0 Å². The molecule has 88 valence electrons. The van der Waals surface area contributed by atoms with E-state index in [-0.39, 0.29) is 6.09 Å². The molecular weight excluding hydrogens is 190 g/mol. The van der Waals surface area contributed by atoms with Crippen molar-refractivity contribution in [3.8, 4) is 0 Å². The third-order valence-electron chi connectivity index (χ3n) is 2.08. The summed E-state index contributed by atoms with van der Waals surface area (Å²) < 4.78 is 5.00. The van der Waals surface area contributed by atoms with Gasteiger partial charge in [0.1, 0.15) is 0 Å². The van der Waals surface area contributed by atoms with Gasteiger partial charge in [-0.2, -0.15) is 0 Å². The number of nitrogens with zero attached hydrogens (tertiary/aromatic N) is 1. The van der Waals surface area contributed by atoms with E-state index in [2.05, 4.69) is 20.4 Å². The number of allylic oxidation sites excluding steroid dienone is 1. The van der Waals surface area contributed by atoms with Crippen molar-refractivity contribution in [3.63, 3.8) is 0 Å². The Morgan fingerprint density at radius 1 is 1.20 bits per heavy atom. The first kappa shape index (κ1) is 14.0. The second-order valence-corrected chi connectivity index (χ2v) is 3.76. The Hall–Kier alpha value is -0.990. The van der Waals surface area contributed by atoms with Gasteiger partial charge >= 0.3 is 6.09 Å². The van der Waals surface area contributed by atoms with Gasteiger partial charge in [-0.25, -0.2) is 4.79 Å². The van der Waals surface area contributed by atoms with Crippen LogP contribution in [0.1, 0.15) is 46.5 Å². The molecule has 0 spiro atoms. The van der Waals surface area contributed by atoms with Crippen molar-refractivity contribution < 1.29 is 9.53 Å². The lowest BCUT2D eigenvalue weighted by molar-refractivity contribution is 0.127. The van der Waals surface area contributed by atoms with E-state index in [1.165, 1.54) is 0 Å². The van der Waals surface area contributed by atoms with E-state index < -0.39 is 0 Å². The summed E-state index contributed by atoms with van der Waals surface area (Å²) in [7, 11) is 0. The van der Waals surface area contributed by atoms with E-state index in [0.717, 1.165) is 38.8 Å². The third kappa shape index (κ3) is 7.00. The van der Waals surface area contributed by atoms with Crippen molar-refractivity contribution in [3.05, 3.63) is 12.3 Å². The largest absolute Gasteiger partial charge is 0.416 e. The molecule has 0 rings (SSSR count). The number of carbonyl (C=O) groups excluding carboxylic acids is 1. The average molecular weight is 213 g/mol. The number of ether oxygens (including phenoxy) is 1. The number of rotatable bonds is 7. The summed E-state index contributed by atoms with van der Waals surface area (Å²) in [6.07, 6.45) is 3.96. The van der Waals surface area contributed by atoms with Gasteiger partial charge in [0.25, 0.3) is 0 Å². The Bertz CT molecular complexity index is 194. The standard InChI is InChI=1S/C12H23NO2/c1-5-7-9-13(10-8-6-2)12(14)15-11(3)4/h3,5-10H2,1-2,4H3. The summed E-state index contributed by atoms with van der Waals surface area (Å²) in [6.45, 7) is 11.0. The molecule has 0 aliphatic rings. The Kier molecular flexibility index (Phi) is 7.78. The van der Waals surface area contributed by atoms with Crippen LogP contribution in [0.25, 0.3) is 0 Å². The van der Waals surface area contributed by atoms with Gasteiger partial charge in [-0.15, -0.1) is 0 Å². The molecule has 0 atom stereocenters. The maximum absolute atomic E-state index is 11.6. The first-order chi connectivity index (χ1) is 7.11. The van der Waals surface area contributed by atoms with Crippen LogP contribution in [-0.2, 0) is 4.74 Å². The minimum Gasteiger partial charge on any atom is -0.416 e. The SMILES string of the molecule is C=C(C)OC(=O)N(CCCC)CCCC. The van der Waals surface area contributed by atoms with E-state index in [4.69, 9.17) is 4.74 Å². The molecule has 0 bridgehead atoms. The van der Waals surface area contributed by atoms with Crippen molar-refractivity contribution in [2.24, 2.45) is 0 Å². The summed E-state index contributed by atoms with van der Waals surface area (Å²) in [5.74, 6) is 0.456. The Morgan fingerprint density at radius 2 is 1.67 bits per heavy atom. The molecule has 0 aromatic carbocycles. The molecule has 0 saturated carbocycles. The highest BCUT2D eigenvalue weighted by Crippen LogP contribution is 2.04. The average Bonchev–Trinajstić information content (AvgIpc) is 2.17. The Labute approximate surface area is 93.1 Å². The monoisotopic (exact) mass is 213 g/mol. The molecule has 1 amide bonds. The molecule has 0 aromatic rings. The van der Waals surface area contributed by atoms with Crippen molar-refractivity contribution in [1.82, 2.24) is 4.90 Å². The predicted octanol–water partition coefficient (Wildman–Crippen LogP) is 3.56. The lowest BCUT2D eigenvalue weighted by Gasteiger charge is -2.21. The number of amides is 1. The van der Waals surface area contributed by atoms with Gasteiger partial charge in [0.2, 0.25) is 0 Å². The van der Waals surface area contributed by atoms with Crippen LogP contribution >= 0.6 is 0 Å². The quantitative estimate of drug-likeness (QED) is 0.605. The molecular formula is C12H23NO2. The van der Waals surface area contributed by atoms with E-state index >= 15 is 0 Å². The Balaban J connectivity index is 4.07. The lowest BCUT2D eigenvalue weighted by Crippen LogP contribution is -2.33. The summed E-state index contributed by atoms with van der Waals surface area (Å²) >= 11 is 0. The summed E-state index contributed by atoms with van der Waals surface area (Å²) in [4.78, 5) is 13.4. The normalized spacial score (nSPS) is 9.80. The molecule has 0 unspecified atom stereocenters. The molecule has 0 aliphatic heterocycles. The summed E-state index contributed by atoms with van der Waals surface area (Å²) in [5, 5.41) is 0. The molecule has 15 heavy (non-hydrogen) atoms. The molecule has 0 heterocycles. The van der Waals surface area contributed by atoms with Crippen LogP contribution in [0.5, 0.6) is 0 Å². The van der Waals surface area contributed by atoms with Gasteiger partial charge in [0, 0.05) is 13.1 Å². The first-order valence-corrected chi connectivity index (χ1v) is 5.74. The fraction of sp³-hybridized carbons (Fsp3) is 0.750. The fourth-order valence-electron chi connectivity index (χ4n) is 1.21. The topological polar surface area (TPSA) is 29.5 Å². The third-order valence-corrected chi connectivity index (χ3v) is 2.08. The van der Waals surface area contributed by atoms with Gasteiger partial charge in [0.15, 0.2) is 0 Å². The highest BCUT2D eigenvalue weighted by Gasteiger charge is 2.13. The van der Waals surface area contributed by atoms with Gasteiger partial charge in [-0.05, 0) is 19.8 Å². The van der Waals surface area contributed by atoms with Crippen LogP contribution in [0.4, 0.5) is 4.79 Å². The molecule has 0 saturated heterocycles. The van der Waals surface area contributed by atoms with Crippen LogP contribution in [0.3, 0.4) is 0 Å². The Morgan fingerprint density at radius 3 is 2.00 bits per heavy atom. The zero-order valence-electron chi connectivity index (χ0n) is 10.2. The molecule has 0 aromatic heterocycles. The molecule has 0 aliphatic carbocycles. The maximum Gasteiger partial charge on any atom is 0.414 e. The summed E-state index contributed by atoms with van der Waals surface area (Å²) in [5.41, 5.74) is 0. The zero-order chi connectivity index (χ0) is 11.7. The molecule has 0 radical (unpaired) electrons. The van der Waals surface area contributed by atoms with Crippen LogP contribution in [0.15, 0.2) is 12.3 Å². The minimum atomic E-state index is -0.260. The number of unbranched alkanes of at least 4 members (excludes halogenated alkanes) is 2. The van der Waals surface area contributed by atoms with Gasteiger partial charge in [-0.3, -0.25) is 0 Å². The number of hydrogen-bond acceptors (Lipinski definition) is 2. The van der Waals surface area contributed by atoms with Crippen LogP contribution in [0.2, 0.25) is 0 Å². The van der Waals surface area contributed by atoms with Crippen molar-refractivity contribution in [1.29, 1.82) is 0 Å². The first-order valence-electron chi connectivity index (χ1n) is 5.74. The number of hydrogen-bond donors (Lipinski definition) is 0. The minimum absolute atomic E-state index is 0.260.